The molecule has 12 heavy (non-hydrogen) atoms. The Hall–Kier alpha value is -0.530. The first-order valence-electron chi connectivity index (χ1n) is 4.69. The van der Waals surface area contributed by atoms with E-state index in [-0.39, 0.29) is 17.3 Å². The number of esters is 1. The van der Waals surface area contributed by atoms with E-state index in [0.717, 1.165) is 6.42 Å². The first kappa shape index (κ1) is 9.56. The predicted octanol–water partition coefficient (Wildman–Crippen LogP) is 2.23. The maximum Gasteiger partial charge on any atom is 0.309 e. The average molecular weight is 170 g/mol. The average Bonchev–Trinajstić information content (AvgIpc) is 2.65. The minimum atomic E-state index is -0.00583. The molecule has 1 aliphatic rings. The van der Waals surface area contributed by atoms with Gasteiger partial charge in [-0.25, -0.2) is 0 Å². The fraction of sp³-hybridized carbons (Fsp3) is 0.900. The van der Waals surface area contributed by atoms with Gasteiger partial charge in [0.25, 0.3) is 0 Å². The van der Waals surface area contributed by atoms with E-state index in [9.17, 15) is 4.79 Å². The van der Waals surface area contributed by atoms with Gasteiger partial charge in [0, 0.05) is 0 Å². The molecule has 0 aromatic heterocycles. The largest absolute Gasteiger partial charge is 0.466 e. The Labute approximate surface area is 74.3 Å². The molecule has 1 fully saturated rings. The Morgan fingerprint density at radius 3 is 2.58 bits per heavy atom. The SMILES string of the molecule is CCOC(=O)C1CC1(C)C(C)C. The summed E-state index contributed by atoms with van der Waals surface area (Å²) in [5.41, 5.74) is 0.215. The molecule has 2 atom stereocenters. The van der Waals surface area contributed by atoms with E-state index in [2.05, 4.69) is 20.8 Å². The van der Waals surface area contributed by atoms with Gasteiger partial charge >= 0.3 is 5.97 Å². The molecule has 2 unspecified atom stereocenters. The molecular weight excluding hydrogens is 152 g/mol. The van der Waals surface area contributed by atoms with Crippen molar-refractivity contribution in [2.75, 3.05) is 6.61 Å². The van der Waals surface area contributed by atoms with Crippen LogP contribution in [0.4, 0.5) is 0 Å². The van der Waals surface area contributed by atoms with Crippen LogP contribution in [0.3, 0.4) is 0 Å². The van der Waals surface area contributed by atoms with E-state index in [0.29, 0.717) is 12.5 Å². The number of carbonyl (C=O) groups excluding carboxylic acids is 1. The van der Waals surface area contributed by atoms with Gasteiger partial charge in [0.2, 0.25) is 0 Å². The molecule has 0 aliphatic heterocycles. The van der Waals surface area contributed by atoms with Crippen molar-refractivity contribution in [3.63, 3.8) is 0 Å². The second kappa shape index (κ2) is 3.08. The van der Waals surface area contributed by atoms with Crippen LogP contribution in [0.1, 0.15) is 34.1 Å². The van der Waals surface area contributed by atoms with Crippen LogP contribution in [-0.4, -0.2) is 12.6 Å². The third kappa shape index (κ3) is 1.47. The van der Waals surface area contributed by atoms with Gasteiger partial charge in [0.1, 0.15) is 0 Å². The summed E-state index contributed by atoms with van der Waals surface area (Å²) in [6.45, 7) is 8.86. The van der Waals surface area contributed by atoms with Crippen LogP contribution in [0.2, 0.25) is 0 Å². The predicted molar refractivity (Wildman–Crippen MR) is 47.7 cm³/mol. The summed E-state index contributed by atoms with van der Waals surface area (Å²) < 4.78 is 4.97. The minimum absolute atomic E-state index is 0.00583. The van der Waals surface area contributed by atoms with Crippen LogP contribution in [0, 0.1) is 17.3 Å². The second-order valence-electron chi connectivity index (χ2n) is 4.17. The van der Waals surface area contributed by atoms with Crippen molar-refractivity contribution in [3.05, 3.63) is 0 Å². The number of ether oxygens (including phenoxy) is 1. The zero-order valence-corrected chi connectivity index (χ0v) is 8.39. The molecule has 0 N–H and O–H groups in total. The highest BCUT2D eigenvalue weighted by molar-refractivity contribution is 5.76. The van der Waals surface area contributed by atoms with Crippen LogP contribution in [0.15, 0.2) is 0 Å². The summed E-state index contributed by atoms with van der Waals surface area (Å²) in [7, 11) is 0. The molecule has 0 aromatic rings. The molecule has 0 bridgehead atoms. The van der Waals surface area contributed by atoms with Gasteiger partial charge in [0.15, 0.2) is 0 Å². The smallest absolute Gasteiger partial charge is 0.309 e. The van der Waals surface area contributed by atoms with Crippen molar-refractivity contribution >= 4 is 5.97 Å². The molecule has 2 heteroatoms. The zero-order chi connectivity index (χ0) is 9.35. The third-order valence-corrected chi connectivity index (χ3v) is 3.17. The molecular formula is C10H18O2. The van der Waals surface area contributed by atoms with E-state index < -0.39 is 0 Å². The number of carbonyl (C=O) groups is 1. The molecule has 1 rings (SSSR count). The van der Waals surface area contributed by atoms with Crippen molar-refractivity contribution < 1.29 is 9.53 Å². The zero-order valence-electron chi connectivity index (χ0n) is 8.39. The first-order valence-corrected chi connectivity index (χ1v) is 4.69. The van der Waals surface area contributed by atoms with Crippen molar-refractivity contribution in [1.29, 1.82) is 0 Å². The van der Waals surface area contributed by atoms with Gasteiger partial charge in [-0.3, -0.25) is 4.79 Å². The molecule has 0 aromatic carbocycles. The lowest BCUT2D eigenvalue weighted by atomic mass is 9.92. The molecule has 0 saturated heterocycles. The summed E-state index contributed by atoms with van der Waals surface area (Å²) in [4.78, 5) is 11.3. The molecule has 0 spiro atoms. The lowest BCUT2D eigenvalue weighted by molar-refractivity contribution is -0.145. The normalized spacial score (nSPS) is 33.6. The Morgan fingerprint density at radius 2 is 2.25 bits per heavy atom. The quantitative estimate of drug-likeness (QED) is 0.607. The molecule has 1 aliphatic carbocycles. The maximum atomic E-state index is 11.3. The van der Waals surface area contributed by atoms with Gasteiger partial charge in [-0.2, -0.15) is 0 Å². The number of rotatable bonds is 3. The van der Waals surface area contributed by atoms with Crippen LogP contribution >= 0.6 is 0 Å². The molecule has 70 valence electrons. The molecule has 0 radical (unpaired) electrons. The van der Waals surface area contributed by atoms with Gasteiger partial charge in [-0.05, 0) is 24.7 Å². The summed E-state index contributed by atoms with van der Waals surface area (Å²) in [6.07, 6.45) is 1.00. The maximum absolute atomic E-state index is 11.3. The molecule has 1 saturated carbocycles. The van der Waals surface area contributed by atoms with Gasteiger partial charge in [-0.1, -0.05) is 20.8 Å². The monoisotopic (exact) mass is 170 g/mol. The third-order valence-electron chi connectivity index (χ3n) is 3.17. The summed E-state index contributed by atoms with van der Waals surface area (Å²) in [6, 6.07) is 0. The van der Waals surface area contributed by atoms with Gasteiger partial charge in [-0.15, -0.1) is 0 Å². The topological polar surface area (TPSA) is 26.3 Å². The van der Waals surface area contributed by atoms with Crippen molar-refractivity contribution in [3.8, 4) is 0 Å². The van der Waals surface area contributed by atoms with Gasteiger partial charge in [0.05, 0.1) is 12.5 Å². The van der Waals surface area contributed by atoms with Crippen LogP contribution in [0.5, 0.6) is 0 Å². The van der Waals surface area contributed by atoms with E-state index in [1.54, 1.807) is 0 Å². The Bertz CT molecular complexity index is 186. The van der Waals surface area contributed by atoms with Gasteiger partial charge < -0.3 is 4.74 Å². The van der Waals surface area contributed by atoms with Crippen molar-refractivity contribution in [2.45, 2.75) is 34.1 Å². The lowest BCUT2D eigenvalue weighted by Gasteiger charge is -2.14. The van der Waals surface area contributed by atoms with E-state index in [1.807, 2.05) is 6.92 Å². The van der Waals surface area contributed by atoms with Crippen LogP contribution in [-0.2, 0) is 9.53 Å². The molecule has 2 nitrogen and oxygen atoms in total. The van der Waals surface area contributed by atoms with Crippen LogP contribution < -0.4 is 0 Å². The first-order chi connectivity index (χ1) is 5.52. The Kier molecular flexibility index (Phi) is 2.45. The highest BCUT2D eigenvalue weighted by Crippen LogP contribution is 2.57. The standard InChI is InChI=1S/C10H18O2/c1-5-12-9(11)8-6-10(8,4)7(2)3/h7-8H,5-6H2,1-4H3. The Balaban J connectivity index is 2.45. The minimum Gasteiger partial charge on any atom is -0.466 e. The van der Waals surface area contributed by atoms with Crippen molar-refractivity contribution in [1.82, 2.24) is 0 Å². The Morgan fingerprint density at radius 1 is 1.67 bits per heavy atom. The van der Waals surface area contributed by atoms with Crippen LogP contribution in [0.25, 0.3) is 0 Å². The van der Waals surface area contributed by atoms with E-state index in [1.165, 1.54) is 0 Å². The summed E-state index contributed by atoms with van der Waals surface area (Å²) in [5.74, 6) is 0.734. The summed E-state index contributed by atoms with van der Waals surface area (Å²) in [5, 5.41) is 0. The highest BCUT2D eigenvalue weighted by atomic mass is 16.5. The molecule has 0 amide bonds. The number of hydrogen-bond donors (Lipinski definition) is 0. The number of hydrogen-bond acceptors (Lipinski definition) is 2. The fourth-order valence-electron chi connectivity index (χ4n) is 1.61. The fourth-order valence-corrected chi connectivity index (χ4v) is 1.61. The molecule has 0 heterocycles. The second-order valence-corrected chi connectivity index (χ2v) is 4.17. The van der Waals surface area contributed by atoms with E-state index in [4.69, 9.17) is 4.74 Å². The van der Waals surface area contributed by atoms with E-state index >= 15 is 0 Å². The van der Waals surface area contributed by atoms with Crippen molar-refractivity contribution in [2.24, 2.45) is 17.3 Å². The highest BCUT2D eigenvalue weighted by Gasteiger charge is 2.56. The summed E-state index contributed by atoms with van der Waals surface area (Å²) >= 11 is 0. The lowest BCUT2D eigenvalue weighted by Crippen LogP contribution is -2.15.